The van der Waals surface area contributed by atoms with E-state index in [1.54, 1.807) is 42.5 Å². The van der Waals surface area contributed by atoms with Crippen LogP contribution in [0.5, 0.6) is 11.5 Å². The highest BCUT2D eigenvalue weighted by Gasteiger charge is 2.37. The molecule has 10 heteroatoms. The summed E-state index contributed by atoms with van der Waals surface area (Å²) >= 11 is 0. The van der Waals surface area contributed by atoms with Gasteiger partial charge in [0.15, 0.2) is 11.5 Å². The lowest BCUT2D eigenvalue weighted by Crippen LogP contribution is -2.30. The van der Waals surface area contributed by atoms with Crippen molar-refractivity contribution in [2.24, 2.45) is 0 Å². The van der Waals surface area contributed by atoms with Crippen LogP contribution < -0.4 is 24.2 Å². The summed E-state index contributed by atoms with van der Waals surface area (Å²) < 4.78 is 26.3. The van der Waals surface area contributed by atoms with Crippen molar-refractivity contribution < 1.29 is 32.8 Å². The van der Waals surface area contributed by atoms with Crippen LogP contribution in [0.3, 0.4) is 0 Å². The predicted octanol–water partition coefficient (Wildman–Crippen LogP) is 3.52. The van der Waals surface area contributed by atoms with Crippen molar-refractivity contribution in [1.29, 1.82) is 0 Å². The lowest BCUT2D eigenvalue weighted by molar-refractivity contribution is -0.121. The zero-order chi connectivity index (χ0) is 25.3. The maximum Gasteiger partial charge on any atom is 0.462 e. The van der Waals surface area contributed by atoms with Crippen LogP contribution in [0, 0.1) is 0 Å². The third-order valence-corrected chi connectivity index (χ3v) is 7.15. The number of benzene rings is 3. The van der Waals surface area contributed by atoms with Crippen molar-refractivity contribution in [3.63, 3.8) is 0 Å². The maximum atomic E-state index is 14.4. The van der Waals surface area contributed by atoms with Crippen molar-refractivity contribution >= 4 is 47.9 Å². The molecule has 3 aromatic carbocycles. The van der Waals surface area contributed by atoms with Crippen LogP contribution in [0.15, 0.2) is 103 Å². The largest absolute Gasteiger partial charge is 0.462 e. The summed E-state index contributed by atoms with van der Waals surface area (Å²) in [4.78, 5) is 51.0. The Hall–Kier alpha value is -4.75. The van der Waals surface area contributed by atoms with Crippen LogP contribution in [0.2, 0.25) is 0 Å². The van der Waals surface area contributed by atoms with Gasteiger partial charge < -0.3 is 9.05 Å². The summed E-state index contributed by atoms with van der Waals surface area (Å²) in [5.41, 5.74) is 0.166. The molecule has 0 bridgehead atoms. The zero-order valence-corrected chi connectivity index (χ0v) is 19.4. The number of hydrogen-bond donors (Lipinski definition) is 0. The SMILES string of the molecule is O=C1C=CC(=O)N1c1ccccc1OP(=O)(Oc1ccccc1N1C(=O)C=CC1=O)c1ccccc1. The molecule has 0 saturated carbocycles. The smallest absolute Gasteiger partial charge is 0.411 e. The molecule has 9 nitrogen and oxygen atoms in total. The van der Waals surface area contributed by atoms with Gasteiger partial charge in [-0.25, -0.2) is 14.4 Å². The summed E-state index contributed by atoms with van der Waals surface area (Å²) in [7, 11) is -4.27. The molecule has 0 atom stereocenters. The molecule has 0 aliphatic carbocycles. The van der Waals surface area contributed by atoms with E-state index >= 15 is 0 Å². The third kappa shape index (κ3) is 4.12. The van der Waals surface area contributed by atoms with E-state index in [4.69, 9.17) is 9.05 Å². The second-order valence-corrected chi connectivity index (χ2v) is 9.52. The minimum Gasteiger partial charge on any atom is -0.411 e. The van der Waals surface area contributed by atoms with E-state index in [0.29, 0.717) is 0 Å². The molecule has 0 N–H and O–H groups in total. The molecule has 5 rings (SSSR count). The van der Waals surface area contributed by atoms with Crippen molar-refractivity contribution in [3.8, 4) is 11.5 Å². The number of para-hydroxylation sites is 4. The first-order valence-electron chi connectivity index (χ1n) is 10.7. The second kappa shape index (κ2) is 9.13. The molecule has 2 heterocycles. The molecule has 0 radical (unpaired) electrons. The molecule has 0 unspecified atom stereocenters. The van der Waals surface area contributed by atoms with E-state index in [1.165, 1.54) is 36.4 Å². The summed E-state index contributed by atoms with van der Waals surface area (Å²) in [6, 6.07) is 20.3. The first-order chi connectivity index (χ1) is 17.4. The fraction of sp³-hybridized carbons (Fsp3) is 0. The van der Waals surface area contributed by atoms with E-state index in [1.807, 2.05) is 0 Å². The molecule has 4 amide bonds. The van der Waals surface area contributed by atoms with Gasteiger partial charge >= 0.3 is 7.60 Å². The first-order valence-corrected chi connectivity index (χ1v) is 12.3. The molecule has 0 aromatic heterocycles. The average molecular weight is 500 g/mol. The molecule has 2 aliphatic rings. The van der Waals surface area contributed by atoms with E-state index in [-0.39, 0.29) is 28.2 Å². The molecular weight excluding hydrogens is 483 g/mol. The Balaban J connectivity index is 1.58. The highest BCUT2D eigenvalue weighted by Crippen LogP contribution is 2.51. The van der Waals surface area contributed by atoms with Gasteiger partial charge in [0.1, 0.15) is 0 Å². The zero-order valence-electron chi connectivity index (χ0n) is 18.5. The predicted molar refractivity (Wildman–Crippen MR) is 131 cm³/mol. The quantitative estimate of drug-likeness (QED) is 0.361. The molecule has 0 spiro atoms. The highest BCUT2D eigenvalue weighted by atomic mass is 31.2. The second-order valence-electron chi connectivity index (χ2n) is 7.64. The van der Waals surface area contributed by atoms with E-state index < -0.39 is 31.2 Å². The van der Waals surface area contributed by atoms with E-state index in [0.717, 1.165) is 34.1 Å². The summed E-state index contributed by atoms with van der Waals surface area (Å²) in [6.07, 6.45) is 4.50. The number of carbonyl (C=O) groups excluding carboxylic acids is 4. The molecule has 0 saturated heterocycles. The van der Waals surface area contributed by atoms with Crippen LogP contribution in [0.1, 0.15) is 0 Å². The fourth-order valence-corrected chi connectivity index (χ4v) is 5.32. The van der Waals surface area contributed by atoms with Gasteiger partial charge in [-0.3, -0.25) is 19.2 Å². The topological polar surface area (TPSA) is 110 Å². The summed E-state index contributed by atoms with van der Waals surface area (Å²) in [5.74, 6) is -2.37. The maximum absolute atomic E-state index is 14.4. The minimum absolute atomic E-state index is 0.0393. The lowest BCUT2D eigenvalue weighted by atomic mass is 10.2. The van der Waals surface area contributed by atoms with E-state index in [9.17, 15) is 23.7 Å². The van der Waals surface area contributed by atoms with Crippen LogP contribution in [-0.2, 0) is 23.7 Å². The van der Waals surface area contributed by atoms with Gasteiger partial charge in [-0.2, -0.15) is 0 Å². The molecule has 178 valence electrons. The van der Waals surface area contributed by atoms with Gasteiger partial charge in [0.25, 0.3) is 23.6 Å². The van der Waals surface area contributed by atoms with Gasteiger partial charge in [-0.15, -0.1) is 0 Å². The van der Waals surface area contributed by atoms with Gasteiger partial charge in [-0.1, -0.05) is 42.5 Å². The first kappa shape index (κ1) is 23.0. The number of nitrogens with zero attached hydrogens (tertiary/aromatic N) is 2. The Morgan fingerprint density at radius 2 is 0.861 bits per heavy atom. The Labute approximate surface area is 205 Å². The summed E-state index contributed by atoms with van der Waals surface area (Å²) in [5, 5.41) is 0.170. The monoisotopic (exact) mass is 500 g/mol. The summed E-state index contributed by atoms with van der Waals surface area (Å²) in [6.45, 7) is 0. The van der Waals surface area contributed by atoms with Gasteiger partial charge in [-0.05, 0) is 36.4 Å². The Kier molecular flexibility index (Phi) is 5.83. The molecule has 0 fully saturated rings. The van der Waals surface area contributed by atoms with Crippen molar-refractivity contribution in [2.45, 2.75) is 0 Å². The molecule has 3 aromatic rings. The van der Waals surface area contributed by atoms with Gasteiger partial charge in [0.2, 0.25) is 0 Å². The molecule has 2 aliphatic heterocycles. The molecular formula is C26H17N2O7P. The Bertz CT molecular complexity index is 1390. The normalized spacial score (nSPS) is 15.2. The van der Waals surface area contributed by atoms with Crippen molar-refractivity contribution in [2.75, 3.05) is 9.80 Å². The minimum atomic E-state index is -4.27. The number of anilines is 2. The van der Waals surface area contributed by atoms with Crippen LogP contribution in [-0.4, -0.2) is 23.6 Å². The fourth-order valence-electron chi connectivity index (χ4n) is 3.71. The molecule has 36 heavy (non-hydrogen) atoms. The van der Waals surface area contributed by atoms with Crippen LogP contribution in [0.4, 0.5) is 11.4 Å². The lowest BCUT2D eigenvalue weighted by Gasteiger charge is -2.25. The van der Waals surface area contributed by atoms with Gasteiger partial charge in [0.05, 0.1) is 16.7 Å². The van der Waals surface area contributed by atoms with Crippen LogP contribution >= 0.6 is 7.60 Å². The average Bonchev–Trinajstić information content (AvgIpc) is 3.40. The number of imide groups is 2. The number of amides is 4. The number of carbonyl (C=O) groups is 4. The highest BCUT2D eigenvalue weighted by molar-refractivity contribution is 7.63. The standard InChI is InChI=1S/C26H17N2O7P/c29-23-14-15-24(30)27(23)19-10-4-6-12-21(19)34-36(33,18-8-2-1-3-9-18)35-22-13-7-5-11-20(22)28-25(31)16-17-26(28)32/h1-17H. The number of rotatable bonds is 7. The van der Waals surface area contributed by atoms with Crippen molar-refractivity contribution in [3.05, 3.63) is 103 Å². The van der Waals surface area contributed by atoms with E-state index in [2.05, 4.69) is 0 Å². The van der Waals surface area contributed by atoms with Crippen LogP contribution in [0.25, 0.3) is 0 Å². The van der Waals surface area contributed by atoms with Crippen molar-refractivity contribution in [1.82, 2.24) is 0 Å². The Morgan fingerprint density at radius 3 is 1.28 bits per heavy atom. The number of hydrogen-bond acceptors (Lipinski definition) is 7. The van der Waals surface area contributed by atoms with Gasteiger partial charge in [0, 0.05) is 24.3 Å². The Morgan fingerprint density at radius 1 is 0.500 bits per heavy atom. The third-order valence-electron chi connectivity index (χ3n) is 5.34.